The van der Waals surface area contributed by atoms with Crippen molar-refractivity contribution < 1.29 is 55.6 Å². The Kier molecular flexibility index (Phi) is 11.2. The first-order chi connectivity index (χ1) is 18.1. The molecule has 0 aliphatic carbocycles. The van der Waals surface area contributed by atoms with Crippen LogP contribution < -0.4 is 0 Å². The van der Waals surface area contributed by atoms with Gasteiger partial charge in [0.15, 0.2) is 0 Å². The zero-order chi connectivity index (χ0) is 29.3. The smallest absolute Gasteiger partial charge is 0.475 e. The van der Waals surface area contributed by atoms with Crippen molar-refractivity contribution in [3.8, 4) is 0 Å². The summed E-state index contributed by atoms with van der Waals surface area (Å²) in [6.45, 7) is 7.49. The molecule has 1 aromatic heterocycles. The molecule has 0 amide bonds. The van der Waals surface area contributed by atoms with E-state index in [2.05, 4.69) is 41.1 Å². The highest BCUT2D eigenvalue weighted by Gasteiger charge is 2.52. The summed E-state index contributed by atoms with van der Waals surface area (Å²) in [6, 6.07) is 12.8. The van der Waals surface area contributed by atoms with Gasteiger partial charge in [0.1, 0.15) is 0 Å². The van der Waals surface area contributed by atoms with E-state index in [0.717, 1.165) is 39.3 Å². The average molecular weight is 566 g/mol. The Morgan fingerprint density at radius 2 is 1.59 bits per heavy atom. The highest BCUT2D eigenvalue weighted by atomic mass is 19.4. The molecule has 2 aliphatic rings. The van der Waals surface area contributed by atoms with Gasteiger partial charge in [-0.25, -0.2) is 9.59 Å². The molecule has 2 N–H and O–H groups in total. The second-order valence-corrected chi connectivity index (χ2v) is 9.01. The lowest BCUT2D eigenvalue weighted by Gasteiger charge is -2.50. The van der Waals surface area contributed by atoms with E-state index in [9.17, 15) is 26.3 Å². The fourth-order valence-corrected chi connectivity index (χ4v) is 4.06. The summed E-state index contributed by atoms with van der Waals surface area (Å²) >= 11 is 0. The molecule has 1 aromatic carbocycles. The number of likely N-dealkylation sites (tertiary alicyclic amines) is 1. The number of hydrogen-bond acceptors (Lipinski definition) is 6. The lowest BCUT2D eigenvalue weighted by molar-refractivity contribution is -0.193. The van der Waals surface area contributed by atoms with Crippen LogP contribution >= 0.6 is 0 Å². The number of rotatable bonds is 6. The van der Waals surface area contributed by atoms with Crippen molar-refractivity contribution in [3.05, 3.63) is 65.5 Å². The van der Waals surface area contributed by atoms with Crippen molar-refractivity contribution in [1.82, 2.24) is 9.88 Å². The van der Waals surface area contributed by atoms with Crippen LogP contribution in [0.4, 0.5) is 26.3 Å². The summed E-state index contributed by atoms with van der Waals surface area (Å²) in [7, 11) is 0. The van der Waals surface area contributed by atoms with Crippen molar-refractivity contribution in [3.63, 3.8) is 0 Å². The van der Waals surface area contributed by atoms with Crippen molar-refractivity contribution in [2.24, 2.45) is 5.92 Å². The van der Waals surface area contributed by atoms with E-state index in [0.29, 0.717) is 12.5 Å². The SMILES string of the molecule is Cc1cccc(CN2CC3(C2)OCCC3COCc2ccncc2)c1.O=C(O)C(F)(F)F.O=C(O)C(F)(F)F. The summed E-state index contributed by atoms with van der Waals surface area (Å²) in [5.41, 5.74) is 3.91. The van der Waals surface area contributed by atoms with E-state index < -0.39 is 24.3 Å². The Morgan fingerprint density at radius 3 is 2.10 bits per heavy atom. The van der Waals surface area contributed by atoms with Crippen molar-refractivity contribution in [2.45, 2.75) is 44.4 Å². The first kappa shape index (κ1) is 32.0. The standard InChI is InChI=1S/C21H26N2O2.2C2HF3O2/c1-17-3-2-4-19(11-17)12-23-15-21(16-23)20(7-10-25-21)14-24-13-18-5-8-22-9-6-18;2*3-2(4,5)1(6)7/h2-6,8-9,11,20H,7,10,12-16H2,1H3;2*(H,6,7). The fourth-order valence-electron chi connectivity index (χ4n) is 4.06. The molecular formula is C25H28F6N2O6. The predicted molar refractivity (Wildman–Crippen MR) is 125 cm³/mol. The van der Waals surface area contributed by atoms with Gasteiger partial charge in [-0.3, -0.25) is 9.88 Å². The Morgan fingerprint density at radius 1 is 1.03 bits per heavy atom. The monoisotopic (exact) mass is 566 g/mol. The van der Waals surface area contributed by atoms with Crippen LogP contribution in [0, 0.1) is 12.8 Å². The van der Waals surface area contributed by atoms with Crippen LogP contribution in [0.2, 0.25) is 0 Å². The molecule has 4 rings (SSSR count). The number of aliphatic carboxylic acids is 2. The van der Waals surface area contributed by atoms with Gasteiger partial charge in [0, 0.05) is 44.6 Å². The number of carboxylic acids is 2. The molecule has 39 heavy (non-hydrogen) atoms. The topological polar surface area (TPSA) is 109 Å². The van der Waals surface area contributed by atoms with Gasteiger partial charge in [0.2, 0.25) is 0 Å². The summed E-state index contributed by atoms with van der Waals surface area (Å²) in [4.78, 5) is 24.3. The van der Waals surface area contributed by atoms with Crippen LogP contribution in [0.1, 0.15) is 23.1 Å². The highest BCUT2D eigenvalue weighted by Crippen LogP contribution is 2.40. The summed E-state index contributed by atoms with van der Waals surface area (Å²) in [5, 5.41) is 14.2. The summed E-state index contributed by atoms with van der Waals surface area (Å²) < 4.78 is 75.6. The fraction of sp³-hybridized carbons (Fsp3) is 0.480. The molecule has 2 saturated heterocycles. The van der Waals surface area contributed by atoms with E-state index in [4.69, 9.17) is 29.3 Å². The number of ether oxygens (including phenoxy) is 2. The zero-order valence-corrected chi connectivity index (χ0v) is 20.8. The number of benzene rings is 1. The number of halogens is 6. The Balaban J connectivity index is 0.000000317. The minimum Gasteiger partial charge on any atom is -0.475 e. The number of hydrogen-bond donors (Lipinski definition) is 2. The van der Waals surface area contributed by atoms with E-state index >= 15 is 0 Å². The molecular weight excluding hydrogens is 538 g/mol. The van der Waals surface area contributed by atoms with Crippen molar-refractivity contribution in [2.75, 3.05) is 26.3 Å². The first-order valence-electron chi connectivity index (χ1n) is 11.6. The minimum absolute atomic E-state index is 0.0159. The molecule has 2 aliphatic heterocycles. The first-order valence-corrected chi connectivity index (χ1v) is 11.6. The van der Waals surface area contributed by atoms with Crippen LogP contribution in [0.25, 0.3) is 0 Å². The molecule has 1 atom stereocenters. The molecule has 0 saturated carbocycles. The van der Waals surface area contributed by atoms with Gasteiger partial charge in [-0.15, -0.1) is 0 Å². The largest absolute Gasteiger partial charge is 0.490 e. The molecule has 2 fully saturated rings. The van der Waals surface area contributed by atoms with E-state index in [1.165, 1.54) is 16.7 Å². The second-order valence-electron chi connectivity index (χ2n) is 9.01. The second kappa shape index (κ2) is 13.7. The molecule has 0 bridgehead atoms. The third kappa shape index (κ3) is 10.5. The number of pyridine rings is 1. The maximum absolute atomic E-state index is 10.6. The summed E-state index contributed by atoms with van der Waals surface area (Å²) in [6.07, 6.45) is -5.43. The van der Waals surface area contributed by atoms with Crippen molar-refractivity contribution >= 4 is 11.9 Å². The number of aromatic nitrogens is 1. The van der Waals surface area contributed by atoms with Gasteiger partial charge in [-0.05, 0) is 36.6 Å². The maximum atomic E-state index is 10.6. The molecule has 216 valence electrons. The lowest BCUT2D eigenvalue weighted by Crippen LogP contribution is -2.64. The van der Waals surface area contributed by atoms with Gasteiger partial charge in [-0.1, -0.05) is 29.8 Å². The molecule has 2 aromatic rings. The molecule has 3 heterocycles. The third-order valence-electron chi connectivity index (χ3n) is 5.89. The Labute approximate surface area is 220 Å². The van der Waals surface area contributed by atoms with E-state index in [1.807, 2.05) is 24.5 Å². The van der Waals surface area contributed by atoms with Gasteiger partial charge in [0.05, 0.1) is 18.8 Å². The van der Waals surface area contributed by atoms with E-state index in [-0.39, 0.29) is 5.60 Å². The van der Waals surface area contributed by atoms with Gasteiger partial charge < -0.3 is 19.7 Å². The maximum Gasteiger partial charge on any atom is 0.490 e. The molecule has 1 spiro atoms. The molecule has 1 unspecified atom stereocenters. The van der Waals surface area contributed by atoms with Gasteiger partial charge in [0.25, 0.3) is 0 Å². The number of carbonyl (C=O) groups is 2. The van der Waals surface area contributed by atoms with Gasteiger partial charge >= 0.3 is 24.3 Å². The van der Waals surface area contributed by atoms with Crippen LogP contribution in [-0.4, -0.2) is 76.3 Å². The number of nitrogens with zero attached hydrogens (tertiary/aromatic N) is 2. The summed E-state index contributed by atoms with van der Waals surface area (Å²) in [5.74, 6) is -5.01. The number of aryl methyl sites for hydroxylation is 1. The Hall–Kier alpha value is -3.23. The van der Waals surface area contributed by atoms with Crippen LogP contribution in [0.5, 0.6) is 0 Å². The van der Waals surface area contributed by atoms with Crippen molar-refractivity contribution in [1.29, 1.82) is 0 Å². The van der Waals surface area contributed by atoms with Crippen LogP contribution in [0.15, 0.2) is 48.8 Å². The average Bonchev–Trinajstić information content (AvgIpc) is 3.23. The van der Waals surface area contributed by atoms with E-state index in [1.54, 1.807) is 0 Å². The Bertz CT molecular complexity index is 1050. The van der Waals surface area contributed by atoms with Crippen LogP contribution in [-0.2, 0) is 32.2 Å². The number of alkyl halides is 6. The van der Waals surface area contributed by atoms with Crippen LogP contribution in [0.3, 0.4) is 0 Å². The molecule has 8 nitrogen and oxygen atoms in total. The quantitative estimate of drug-likeness (QED) is 0.494. The number of carboxylic acid groups (broad SMARTS) is 2. The van der Waals surface area contributed by atoms with Gasteiger partial charge in [-0.2, -0.15) is 26.3 Å². The zero-order valence-electron chi connectivity index (χ0n) is 20.8. The normalized spacial score (nSPS) is 18.3. The predicted octanol–water partition coefficient (Wildman–Crippen LogP) is 4.46. The third-order valence-corrected chi connectivity index (χ3v) is 5.89. The molecule has 14 heteroatoms. The lowest BCUT2D eigenvalue weighted by atomic mass is 9.81. The minimum atomic E-state index is -5.08. The molecule has 0 radical (unpaired) electrons. The highest BCUT2D eigenvalue weighted by molar-refractivity contribution is 5.73.